The molecule has 6 heteroatoms. The van der Waals surface area contributed by atoms with Gasteiger partial charge in [0.2, 0.25) is 0 Å². The van der Waals surface area contributed by atoms with Crippen molar-refractivity contribution in [3.05, 3.63) is 47.0 Å². The first-order valence-corrected chi connectivity index (χ1v) is 9.47. The Morgan fingerprint density at radius 3 is 2.68 bits per heavy atom. The number of benzene rings is 1. The standard InChI is InChI=1S/C19H22N4OS/c1-13-16-12-17(18(24)20-14-8-10-22(2)11-9-14)25-19(16)23(21-13)15-6-4-3-5-7-15/h3-7,12,14H,8-11H2,1-2H3,(H,20,24). The number of nitrogens with one attached hydrogen (secondary N) is 1. The summed E-state index contributed by atoms with van der Waals surface area (Å²) in [6.45, 7) is 4.08. The minimum Gasteiger partial charge on any atom is -0.349 e. The van der Waals surface area contributed by atoms with Crippen LogP contribution in [0, 0.1) is 6.92 Å². The second kappa shape index (κ2) is 6.61. The molecule has 0 atom stereocenters. The van der Waals surface area contributed by atoms with E-state index in [1.807, 2.05) is 48.0 Å². The Morgan fingerprint density at radius 1 is 1.24 bits per heavy atom. The van der Waals surface area contributed by atoms with Gasteiger partial charge in [0.1, 0.15) is 4.83 Å². The molecule has 3 heterocycles. The van der Waals surface area contributed by atoms with E-state index in [-0.39, 0.29) is 11.9 Å². The van der Waals surface area contributed by atoms with Crippen LogP contribution in [0.2, 0.25) is 0 Å². The number of fused-ring (bicyclic) bond motifs is 1. The molecule has 1 aliphatic heterocycles. The van der Waals surface area contributed by atoms with Crippen LogP contribution in [0.25, 0.3) is 15.9 Å². The molecular weight excluding hydrogens is 332 g/mol. The number of hydrogen-bond donors (Lipinski definition) is 1. The van der Waals surface area contributed by atoms with Gasteiger partial charge in [-0.25, -0.2) is 4.68 Å². The summed E-state index contributed by atoms with van der Waals surface area (Å²) in [5.41, 5.74) is 1.97. The molecule has 1 N–H and O–H groups in total. The molecule has 4 rings (SSSR count). The maximum Gasteiger partial charge on any atom is 0.261 e. The molecule has 0 aliphatic carbocycles. The van der Waals surface area contributed by atoms with Gasteiger partial charge in [0.15, 0.2) is 0 Å². The number of rotatable bonds is 3. The smallest absolute Gasteiger partial charge is 0.261 e. The monoisotopic (exact) mass is 354 g/mol. The number of carbonyl (C=O) groups excluding carboxylic acids is 1. The molecule has 0 bridgehead atoms. The number of carbonyl (C=O) groups is 1. The zero-order valence-corrected chi connectivity index (χ0v) is 15.3. The number of nitrogens with zero attached hydrogens (tertiary/aromatic N) is 3. The van der Waals surface area contributed by atoms with E-state index in [0.29, 0.717) is 0 Å². The average molecular weight is 354 g/mol. The first-order valence-electron chi connectivity index (χ1n) is 8.66. The lowest BCUT2D eigenvalue weighted by Crippen LogP contribution is -2.43. The average Bonchev–Trinajstić information content (AvgIpc) is 3.19. The number of aromatic nitrogens is 2. The highest BCUT2D eigenvalue weighted by atomic mass is 32.1. The van der Waals surface area contributed by atoms with Crippen molar-refractivity contribution >= 4 is 27.5 Å². The summed E-state index contributed by atoms with van der Waals surface area (Å²) in [4.78, 5) is 16.8. The van der Waals surface area contributed by atoms with Gasteiger partial charge in [-0.2, -0.15) is 5.10 Å². The Morgan fingerprint density at radius 2 is 1.96 bits per heavy atom. The lowest BCUT2D eigenvalue weighted by atomic mass is 10.1. The number of amides is 1. The Kier molecular flexibility index (Phi) is 4.31. The summed E-state index contributed by atoms with van der Waals surface area (Å²) in [5.74, 6) is 0.0368. The zero-order chi connectivity index (χ0) is 17.4. The molecular formula is C19H22N4OS. The molecule has 1 aliphatic rings. The SMILES string of the molecule is Cc1nn(-c2ccccc2)c2sc(C(=O)NC3CCN(C)CC3)cc12. The van der Waals surface area contributed by atoms with Crippen LogP contribution in [-0.2, 0) is 0 Å². The van der Waals surface area contributed by atoms with Crippen LogP contribution in [0.1, 0.15) is 28.2 Å². The first kappa shape index (κ1) is 16.3. The summed E-state index contributed by atoms with van der Waals surface area (Å²) in [6.07, 6.45) is 2.04. The molecule has 25 heavy (non-hydrogen) atoms. The van der Waals surface area contributed by atoms with E-state index in [0.717, 1.165) is 52.4 Å². The minimum atomic E-state index is 0.0368. The fourth-order valence-corrected chi connectivity index (χ4v) is 4.40. The third-order valence-corrected chi connectivity index (χ3v) is 5.93. The predicted molar refractivity (Wildman–Crippen MR) is 102 cm³/mol. The molecule has 130 valence electrons. The van der Waals surface area contributed by atoms with Gasteiger partial charge >= 0.3 is 0 Å². The van der Waals surface area contributed by atoms with E-state index in [2.05, 4.69) is 22.4 Å². The minimum absolute atomic E-state index is 0.0368. The van der Waals surface area contributed by atoms with E-state index in [4.69, 9.17) is 0 Å². The molecule has 3 aromatic rings. The number of aryl methyl sites for hydroxylation is 1. The third kappa shape index (κ3) is 3.19. The third-order valence-electron chi connectivity index (χ3n) is 4.82. The Balaban J connectivity index is 1.60. The lowest BCUT2D eigenvalue weighted by Gasteiger charge is -2.29. The second-order valence-electron chi connectivity index (χ2n) is 6.71. The van der Waals surface area contributed by atoms with E-state index in [1.165, 1.54) is 11.3 Å². The molecule has 5 nitrogen and oxygen atoms in total. The van der Waals surface area contributed by atoms with Crippen molar-refractivity contribution in [3.63, 3.8) is 0 Å². The fraction of sp³-hybridized carbons (Fsp3) is 0.368. The summed E-state index contributed by atoms with van der Waals surface area (Å²) in [6, 6.07) is 12.3. The van der Waals surface area contributed by atoms with Crippen LogP contribution in [0.4, 0.5) is 0 Å². The van der Waals surface area contributed by atoms with Crippen LogP contribution in [0.5, 0.6) is 0 Å². The quantitative estimate of drug-likeness (QED) is 0.786. The van der Waals surface area contributed by atoms with Crippen LogP contribution in [0.3, 0.4) is 0 Å². The Bertz CT molecular complexity index is 891. The van der Waals surface area contributed by atoms with Crippen molar-refractivity contribution in [2.75, 3.05) is 20.1 Å². The summed E-state index contributed by atoms with van der Waals surface area (Å²) >= 11 is 1.51. The molecule has 0 saturated carbocycles. The first-order chi connectivity index (χ1) is 12.1. The highest BCUT2D eigenvalue weighted by molar-refractivity contribution is 7.20. The van der Waals surface area contributed by atoms with E-state index < -0.39 is 0 Å². The zero-order valence-electron chi connectivity index (χ0n) is 14.5. The van der Waals surface area contributed by atoms with E-state index in [1.54, 1.807) is 0 Å². The van der Waals surface area contributed by atoms with Gasteiger partial charge < -0.3 is 10.2 Å². The van der Waals surface area contributed by atoms with Crippen LogP contribution >= 0.6 is 11.3 Å². The molecule has 1 saturated heterocycles. The van der Waals surface area contributed by atoms with Crippen molar-refractivity contribution in [1.82, 2.24) is 20.0 Å². The predicted octanol–water partition coefficient (Wildman–Crippen LogP) is 3.22. The van der Waals surface area contributed by atoms with Crippen LogP contribution in [0.15, 0.2) is 36.4 Å². The molecule has 1 amide bonds. The maximum absolute atomic E-state index is 12.7. The number of thiophene rings is 1. The normalized spacial score (nSPS) is 16.4. The molecule has 2 aromatic heterocycles. The summed E-state index contributed by atoms with van der Waals surface area (Å²) < 4.78 is 1.93. The van der Waals surface area contributed by atoms with Crippen molar-refractivity contribution in [3.8, 4) is 5.69 Å². The van der Waals surface area contributed by atoms with Gasteiger partial charge in [0.25, 0.3) is 5.91 Å². The molecule has 0 radical (unpaired) electrons. The van der Waals surface area contributed by atoms with Crippen molar-refractivity contribution in [2.24, 2.45) is 0 Å². The number of hydrogen-bond acceptors (Lipinski definition) is 4. The van der Waals surface area contributed by atoms with Crippen LogP contribution < -0.4 is 5.32 Å². The van der Waals surface area contributed by atoms with Crippen molar-refractivity contribution in [1.29, 1.82) is 0 Å². The largest absolute Gasteiger partial charge is 0.349 e. The summed E-state index contributed by atoms with van der Waals surface area (Å²) in [5, 5.41) is 8.89. The fourth-order valence-electron chi connectivity index (χ4n) is 3.31. The Labute approximate surface area is 151 Å². The van der Waals surface area contributed by atoms with Gasteiger partial charge in [0.05, 0.1) is 16.3 Å². The highest BCUT2D eigenvalue weighted by Crippen LogP contribution is 2.30. The topological polar surface area (TPSA) is 50.2 Å². The van der Waals surface area contributed by atoms with Gasteiger partial charge in [0, 0.05) is 11.4 Å². The number of piperidine rings is 1. The van der Waals surface area contributed by atoms with E-state index >= 15 is 0 Å². The van der Waals surface area contributed by atoms with Gasteiger partial charge in [-0.3, -0.25) is 4.79 Å². The maximum atomic E-state index is 12.7. The molecule has 1 fully saturated rings. The number of likely N-dealkylation sites (tertiary alicyclic amines) is 1. The van der Waals surface area contributed by atoms with E-state index in [9.17, 15) is 4.79 Å². The number of para-hydroxylation sites is 1. The molecule has 1 aromatic carbocycles. The van der Waals surface area contributed by atoms with Gasteiger partial charge in [-0.05, 0) is 58.1 Å². The Hall–Kier alpha value is -2.18. The van der Waals surface area contributed by atoms with Crippen LogP contribution in [-0.4, -0.2) is 46.8 Å². The lowest BCUT2D eigenvalue weighted by molar-refractivity contribution is 0.0921. The van der Waals surface area contributed by atoms with Gasteiger partial charge in [-0.1, -0.05) is 18.2 Å². The molecule has 0 unspecified atom stereocenters. The highest BCUT2D eigenvalue weighted by Gasteiger charge is 2.22. The van der Waals surface area contributed by atoms with Crippen molar-refractivity contribution < 1.29 is 4.79 Å². The summed E-state index contributed by atoms with van der Waals surface area (Å²) in [7, 11) is 2.13. The second-order valence-corrected chi connectivity index (χ2v) is 7.74. The molecule has 0 spiro atoms. The van der Waals surface area contributed by atoms with Gasteiger partial charge in [-0.15, -0.1) is 11.3 Å². The van der Waals surface area contributed by atoms with Crippen molar-refractivity contribution in [2.45, 2.75) is 25.8 Å².